The van der Waals surface area contributed by atoms with Crippen LogP contribution in [0.4, 0.5) is 4.39 Å². The minimum Gasteiger partial charge on any atom is -0.453 e. The SMILES string of the molecule is C=C1C(=O)O[C@H](c2ccccc2)[C@@H]1c1ccccc1F. The zero-order valence-corrected chi connectivity index (χ0v) is 10.8. The highest BCUT2D eigenvalue weighted by molar-refractivity contribution is 5.92. The van der Waals surface area contributed by atoms with Gasteiger partial charge in [0.15, 0.2) is 0 Å². The molecule has 0 aromatic heterocycles. The van der Waals surface area contributed by atoms with Crippen LogP contribution in [-0.2, 0) is 9.53 Å². The molecule has 1 aliphatic rings. The molecule has 2 aromatic carbocycles. The first-order valence-electron chi connectivity index (χ1n) is 6.37. The first-order chi connectivity index (χ1) is 9.68. The Hall–Kier alpha value is -2.42. The quantitative estimate of drug-likeness (QED) is 0.612. The van der Waals surface area contributed by atoms with Crippen molar-refractivity contribution in [2.24, 2.45) is 0 Å². The van der Waals surface area contributed by atoms with Gasteiger partial charge in [0, 0.05) is 5.57 Å². The lowest BCUT2D eigenvalue weighted by Gasteiger charge is -2.18. The highest BCUT2D eigenvalue weighted by atomic mass is 19.1. The van der Waals surface area contributed by atoms with Crippen LogP contribution in [0.2, 0.25) is 0 Å². The van der Waals surface area contributed by atoms with Gasteiger partial charge in [-0.25, -0.2) is 9.18 Å². The van der Waals surface area contributed by atoms with Crippen LogP contribution in [0.3, 0.4) is 0 Å². The average molecular weight is 268 g/mol. The number of cyclic esters (lactones) is 1. The molecule has 0 aliphatic carbocycles. The molecule has 0 radical (unpaired) electrons. The number of ether oxygens (including phenoxy) is 1. The Labute approximate surface area is 116 Å². The zero-order valence-electron chi connectivity index (χ0n) is 10.8. The second-order valence-corrected chi connectivity index (χ2v) is 4.76. The topological polar surface area (TPSA) is 26.3 Å². The molecule has 2 aromatic rings. The molecule has 20 heavy (non-hydrogen) atoms. The second kappa shape index (κ2) is 4.93. The van der Waals surface area contributed by atoms with Crippen LogP contribution in [0.15, 0.2) is 66.7 Å². The number of hydrogen-bond acceptors (Lipinski definition) is 2. The molecule has 3 heteroatoms. The van der Waals surface area contributed by atoms with E-state index in [2.05, 4.69) is 6.58 Å². The number of carbonyl (C=O) groups is 1. The second-order valence-electron chi connectivity index (χ2n) is 4.76. The molecular weight excluding hydrogens is 255 g/mol. The monoisotopic (exact) mass is 268 g/mol. The van der Waals surface area contributed by atoms with Crippen LogP contribution in [0.1, 0.15) is 23.1 Å². The van der Waals surface area contributed by atoms with Crippen molar-refractivity contribution in [3.8, 4) is 0 Å². The number of carbonyl (C=O) groups excluding carboxylic acids is 1. The molecule has 1 heterocycles. The van der Waals surface area contributed by atoms with Crippen molar-refractivity contribution in [1.29, 1.82) is 0 Å². The lowest BCUT2D eigenvalue weighted by Crippen LogP contribution is -2.08. The normalized spacial score (nSPS) is 21.9. The summed E-state index contributed by atoms with van der Waals surface area (Å²) in [5.74, 6) is -1.30. The molecular formula is C17H13FO2. The molecule has 0 spiro atoms. The van der Waals surface area contributed by atoms with Crippen LogP contribution in [-0.4, -0.2) is 5.97 Å². The van der Waals surface area contributed by atoms with E-state index in [-0.39, 0.29) is 5.82 Å². The third-order valence-corrected chi connectivity index (χ3v) is 3.54. The van der Waals surface area contributed by atoms with E-state index in [9.17, 15) is 9.18 Å². The maximum absolute atomic E-state index is 14.0. The minimum absolute atomic E-state index is 0.295. The smallest absolute Gasteiger partial charge is 0.334 e. The van der Waals surface area contributed by atoms with Gasteiger partial charge in [-0.15, -0.1) is 0 Å². The molecule has 1 fully saturated rings. The van der Waals surface area contributed by atoms with Crippen molar-refractivity contribution in [1.82, 2.24) is 0 Å². The molecule has 0 amide bonds. The predicted molar refractivity (Wildman–Crippen MR) is 73.6 cm³/mol. The Morgan fingerprint density at radius 2 is 1.65 bits per heavy atom. The fourth-order valence-corrected chi connectivity index (χ4v) is 2.55. The van der Waals surface area contributed by atoms with Gasteiger partial charge >= 0.3 is 5.97 Å². The fourth-order valence-electron chi connectivity index (χ4n) is 2.55. The highest BCUT2D eigenvalue weighted by Gasteiger charge is 2.41. The lowest BCUT2D eigenvalue weighted by molar-refractivity contribution is -0.139. The summed E-state index contributed by atoms with van der Waals surface area (Å²) in [6, 6.07) is 15.8. The van der Waals surface area contributed by atoms with Gasteiger partial charge in [0.05, 0.1) is 5.92 Å². The fraction of sp³-hybridized carbons (Fsp3) is 0.118. The summed E-state index contributed by atoms with van der Waals surface area (Å²) in [5, 5.41) is 0. The third-order valence-electron chi connectivity index (χ3n) is 3.54. The van der Waals surface area contributed by atoms with Gasteiger partial charge in [-0.1, -0.05) is 55.1 Å². The zero-order chi connectivity index (χ0) is 14.1. The maximum Gasteiger partial charge on any atom is 0.334 e. The van der Waals surface area contributed by atoms with Gasteiger partial charge < -0.3 is 4.74 Å². The lowest BCUT2D eigenvalue weighted by atomic mass is 9.86. The minimum atomic E-state index is -0.520. The van der Waals surface area contributed by atoms with E-state index in [1.54, 1.807) is 18.2 Å². The van der Waals surface area contributed by atoms with E-state index in [4.69, 9.17) is 4.74 Å². The summed E-state index contributed by atoms with van der Waals surface area (Å²) in [6.07, 6.45) is -0.520. The van der Waals surface area contributed by atoms with E-state index in [0.717, 1.165) is 5.56 Å². The number of rotatable bonds is 2. The van der Waals surface area contributed by atoms with Gasteiger partial charge in [-0.05, 0) is 17.2 Å². The molecule has 2 atom stereocenters. The molecule has 0 unspecified atom stereocenters. The largest absolute Gasteiger partial charge is 0.453 e. The Morgan fingerprint density at radius 1 is 1.00 bits per heavy atom. The van der Waals surface area contributed by atoms with E-state index >= 15 is 0 Å². The van der Waals surface area contributed by atoms with Crippen molar-refractivity contribution in [2.45, 2.75) is 12.0 Å². The van der Waals surface area contributed by atoms with Gasteiger partial charge in [0.2, 0.25) is 0 Å². The summed E-state index contributed by atoms with van der Waals surface area (Å²) in [5.41, 5.74) is 1.58. The van der Waals surface area contributed by atoms with E-state index in [0.29, 0.717) is 11.1 Å². The molecule has 0 saturated carbocycles. The maximum atomic E-state index is 14.0. The molecule has 0 bridgehead atoms. The first kappa shape index (κ1) is 12.6. The molecule has 1 aliphatic heterocycles. The first-order valence-corrected chi connectivity index (χ1v) is 6.37. The Balaban J connectivity index is 2.08. The van der Waals surface area contributed by atoms with Gasteiger partial charge in [-0.2, -0.15) is 0 Å². The molecule has 1 saturated heterocycles. The Kier molecular flexibility index (Phi) is 3.11. The average Bonchev–Trinajstić information content (AvgIpc) is 2.77. The summed E-state index contributed by atoms with van der Waals surface area (Å²) in [6.45, 7) is 3.77. The van der Waals surface area contributed by atoms with Crippen molar-refractivity contribution in [3.63, 3.8) is 0 Å². The van der Waals surface area contributed by atoms with Crippen molar-refractivity contribution >= 4 is 5.97 Å². The van der Waals surface area contributed by atoms with Gasteiger partial charge in [0.25, 0.3) is 0 Å². The van der Waals surface area contributed by atoms with E-state index in [1.807, 2.05) is 30.3 Å². The molecule has 3 rings (SSSR count). The molecule has 0 N–H and O–H groups in total. The number of halogens is 1. The van der Waals surface area contributed by atoms with Crippen LogP contribution < -0.4 is 0 Å². The van der Waals surface area contributed by atoms with E-state index < -0.39 is 18.0 Å². The number of benzene rings is 2. The van der Waals surface area contributed by atoms with Crippen LogP contribution in [0, 0.1) is 5.82 Å². The van der Waals surface area contributed by atoms with Crippen LogP contribution >= 0.6 is 0 Å². The van der Waals surface area contributed by atoms with Crippen molar-refractivity contribution in [3.05, 3.63) is 83.7 Å². The van der Waals surface area contributed by atoms with Gasteiger partial charge in [-0.3, -0.25) is 0 Å². The predicted octanol–water partition coefficient (Wildman–Crippen LogP) is 3.76. The molecule has 2 nitrogen and oxygen atoms in total. The van der Waals surface area contributed by atoms with Crippen LogP contribution in [0.25, 0.3) is 0 Å². The standard InChI is InChI=1S/C17H13FO2/c1-11-15(13-9-5-6-10-14(13)18)16(20-17(11)19)12-7-3-2-4-8-12/h2-10,15-16H,1H2/t15-,16+/m0/s1. The Morgan fingerprint density at radius 3 is 2.35 bits per heavy atom. The van der Waals surface area contributed by atoms with Crippen molar-refractivity contribution < 1.29 is 13.9 Å². The summed E-state index contributed by atoms with van der Waals surface area (Å²) >= 11 is 0. The van der Waals surface area contributed by atoms with E-state index in [1.165, 1.54) is 6.07 Å². The Bertz CT molecular complexity index is 664. The highest BCUT2D eigenvalue weighted by Crippen LogP contribution is 2.45. The van der Waals surface area contributed by atoms with Crippen LogP contribution in [0.5, 0.6) is 0 Å². The number of esters is 1. The number of hydrogen-bond donors (Lipinski definition) is 0. The molecule has 100 valence electrons. The summed E-state index contributed by atoms with van der Waals surface area (Å²) in [7, 11) is 0. The summed E-state index contributed by atoms with van der Waals surface area (Å²) < 4.78 is 19.4. The van der Waals surface area contributed by atoms with Crippen molar-refractivity contribution in [2.75, 3.05) is 0 Å². The third kappa shape index (κ3) is 2.01. The van der Waals surface area contributed by atoms with Gasteiger partial charge in [0.1, 0.15) is 11.9 Å². The summed E-state index contributed by atoms with van der Waals surface area (Å²) in [4.78, 5) is 11.8.